The first-order valence-corrected chi connectivity index (χ1v) is 44.4. The van der Waals surface area contributed by atoms with Crippen molar-refractivity contribution >= 4 is 89.6 Å². The number of carbonyl (C=O) groups is 2. The van der Waals surface area contributed by atoms with Crippen LogP contribution in [0.15, 0.2) is 156 Å². The molecule has 0 radical (unpaired) electrons. The number of carbonyl (C=O) groups excluding carboxylic acids is 2. The first-order chi connectivity index (χ1) is 56.7. The van der Waals surface area contributed by atoms with Gasteiger partial charge in [-0.2, -0.15) is 0 Å². The molecule has 6 aromatic carbocycles. The Hall–Kier alpha value is -10.4. The number of unbranched alkanes of at least 4 members (excludes halogenated alkanes) is 20. The maximum atomic E-state index is 15.4. The Bertz CT molecular complexity index is 5150. The molecular formula is C98H92F4N4O6S4. The molecule has 10 nitrogen and oxygen atoms in total. The van der Waals surface area contributed by atoms with Gasteiger partial charge in [-0.3, -0.25) is 9.59 Å². The summed E-state index contributed by atoms with van der Waals surface area (Å²) in [7, 11) is 0. The Morgan fingerprint density at radius 1 is 0.379 bits per heavy atom. The van der Waals surface area contributed by atoms with Crippen LogP contribution in [-0.2, 0) is 10.8 Å². The van der Waals surface area contributed by atoms with Crippen molar-refractivity contribution in [2.75, 3.05) is 26.4 Å². The van der Waals surface area contributed by atoms with Gasteiger partial charge in [-0.25, -0.2) is 37.8 Å². The average Bonchev–Trinajstić information content (AvgIpc) is 1.48. The third kappa shape index (κ3) is 15.9. The second kappa shape index (κ2) is 37.2. The Balaban J connectivity index is 1.02. The van der Waals surface area contributed by atoms with Crippen LogP contribution in [0.3, 0.4) is 0 Å². The molecule has 4 aliphatic rings. The molecule has 0 N–H and O–H groups in total. The predicted molar refractivity (Wildman–Crippen MR) is 461 cm³/mol. The van der Waals surface area contributed by atoms with Gasteiger partial charge >= 0.3 is 0 Å². The minimum Gasteiger partial charge on any atom is -0.494 e. The van der Waals surface area contributed by atoms with Crippen LogP contribution in [-0.4, -0.2) is 38.0 Å². The number of rotatable bonds is 38. The molecule has 116 heavy (non-hydrogen) atoms. The standard InChI is InChI=1S/C98H92F4N4O6S4/c1-7-11-15-19-23-27-47-109-65-39-31-61(32-40-65)97(62-33-41-66(42-34-62)110-48-28-24-20-16-12-8-2)77-53-69(51-75-85(83(59-103)105-5)71-55-79(99)81(101)57-73(71)89(75)107)113-91(77)93-87(97)95-96(115-93)88-94(116-95)92-78(54-70(114-92)52-76-86(84(60-104)106-6)72-56-80(100)82(102)58-74(72)90(76)108)98(88,63-35-43-67(44-36-63)111-49-29-25-21-17-13-9-3)64-37-45-68(46-38-64)112-50-30-26-22-18-14-10-4/h31-46,51-58H,7-30,47-50H2,1-4H3/b75-51-,76-52-,85-83-,86-84+. The number of benzene rings is 6. The molecule has 0 bridgehead atoms. The quantitative estimate of drug-likeness (QED) is 0.0123. The van der Waals surface area contributed by atoms with Crippen LogP contribution >= 0.6 is 45.3 Å². The number of ether oxygens (including phenoxy) is 4. The number of nitriles is 2. The second-order valence-electron chi connectivity index (χ2n) is 30.4. The van der Waals surface area contributed by atoms with Gasteiger partial charge in [0.05, 0.1) is 91.4 Å². The van der Waals surface area contributed by atoms with Crippen LogP contribution in [0.2, 0.25) is 0 Å². The number of ketones is 2. The first kappa shape index (κ1) is 82.1. The molecule has 14 rings (SSSR count). The Morgan fingerprint density at radius 3 is 0.914 bits per heavy atom. The Morgan fingerprint density at radius 2 is 0.647 bits per heavy atom. The van der Waals surface area contributed by atoms with Gasteiger partial charge in [0, 0.05) is 54.3 Å². The van der Waals surface area contributed by atoms with Gasteiger partial charge in [0.1, 0.15) is 23.0 Å². The number of Topliss-reactive ketones (excluding diaryl/α,β-unsaturated/α-hetero) is 2. The van der Waals surface area contributed by atoms with E-state index in [1.165, 1.54) is 74.0 Å². The van der Waals surface area contributed by atoms with Gasteiger partial charge in [-0.1, -0.05) is 205 Å². The zero-order chi connectivity index (χ0) is 81.0. The summed E-state index contributed by atoms with van der Waals surface area (Å²) < 4.78 is 89.6. The molecule has 0 unspecified atom stereocenters. The summed E-state index contributed by atoms with van der Waals surface area (Å²) >= 11 is 6.24. The van der Waals surface area contributed by atoms with Crippen LogP contribution in [0.1, 0.15) is 268 Å². The molecule has 0 amide bonds. The van der Waals surface area contributed by atoms with E-state index in [-0.39, 0.29) is 44.5 Å². The third-order valence-electron chi connectivity index (χ3n) is 22.9. The minimum absolute atomic E-state index is 0.0365. The molecule has 4 aliphatic carbocycles. The SMILES string of the molecule is [C-]#[N+]/C(C#N)=C1\C(=C\c2cc3c(s2)-c2sc4c5c(sc4c2C3(c2ccc(OCCCCCCCC)cc2)c2ccc(OCCCCCCCC)cc2)-c2sc(/C=C3\C(=O)c4cc(F)c(F)cc4\C3=C(\C#N)[N+]#[C-])cc2C5(c2ccc(OCCCCCCCC)cc2)c2ccc(OCCCCCCCC)cc2)C(=O)c2cc(F)c(F)cc21. The molecule has 0 aliphatic heterocycles. The second-order valence-corrected chi connectivity index (χ2v) is 34.6. The molecule has 10 aromatic rings. The number of hydrogen-bond acceptors (Lipinski definition) is 12. The molecule has 18 heteroatoms. The fraction of sp³-hybridized carbons (Fsp3) is 0.347. The Labute approximate surface area is 693 Å². The van der Waals surface area contributed by atoms with Crippen LogP contribution in [0.4, 0.5) is 17.6 Å². The maximum Gasteiger partial charge on any atom is 0.270 e. The summed E-state index contributed by atoms with van der Waals surface area (Å²) in [5, 5.41) is 21.1. The van der Waals surface area contributed by atoms with E-state index in [2.05, 4.69) is 98.0 Å². The van der Waals surface area contributed by atoms with Crippen molar-refractivity contribution in [3.8, 4) is 54.6 Å². The number of thiophene rings is 4. The van der Waals surface area contributed by atoms with Gasteiger partial charge in [0.15, 0.2) is 34.8 Å². The van der Waals surface area contributed by atoms with Crippen molar-refractivity contribution in [1.82, 2.24) is 0 Å². The van der Waals surface area contributed by atoms with Gasteiger partial charge in [0.25, 0.3) is 11.4 Å². The summed E-state index contributed by atoms with van der Waals surface area (Å²) in [6.45, 7) is 27.3. The van der Waals surface area contributed by atoms with E-state index < -0.39 is 57.1 Å². The molecule has 0 spiro atoms. The Kier molecular flexibility index (Phi) is 26.3. The number of nitrogens with zero attached hydrogens (tertiary/aromatic N) is 4. The predicted octanol–water partition coefficient (Wildman–Crippen LogP) is 28.2. The average molecular weight is 1630 g/mol. The number of hydrogen-bond donors (Lipinski definition) is 0. The lowest BCUT2D eigenvalue weighted by atomic mass is 9.67. The zero-order valence-electron chi connectivity index (χ0n) is 66.0. The molecule has 0 saturated heterocycles. The first-order valence-electron chi connectivity index (χ1n) is 41.1. The van der Waals surface area contributed by atoms with Crippen molar-refractivity contribution in [3.63, 3.8) is 0 Å². The molecular weight excluding hydrogens is 1530 g/mol. The zero-order valence-corrected chi connectivity index (χ0v) is 69.3. The lowest BCUT2D eigenvalue weighted by Crippen LogP contribution is -2.28. The van der Waals surface area contributed by atoms with Gasteiger partial charge < -0.3 is 18.9 Å². The third-order valence-corrected chi connectivity index (χ3v) is 27.9. The molecule has 0 atom stereocenters. The van der Waals surface area contributed by atoms with Crippen LogP contribution in [0.25, 0.3) is 61.9 Å². The van der Waals surface area contributed by atoms with Gasteiger partial charge in [-0.15, -0.1) is 45.3 Å². The van der Waals surface area contributed by atoms with Crippen molar-refractivity contribution in [3.05, 3.63) is 279 Å². The van der Waals surface area contributed by atoms with Gasteiger partial charge in [-0.05, 0) is 167 Å². The van der Waals surface area contributed by atoms with Gasteiger partial charge in [0.2, 0.25) is 0 Å². The monoisotopic (exact) mass is 1620 g/mol. The van der Waals surface area contributed by atoms with E-state index >= 15 is 17.6 Å². The highest BCUT2D eigenvalue weighted by atomic mass is 32.1. The maximum absolute atomic E-state index is 15.4. The largest absolute Gasteiger partial charge is 0.494 e. The van der Waals surface area contributed by atoms with Crippen LogP contribution in [0, 0.1) is 59.1 Å². The van der Waals surface area contributed by atoms with Crippen LogP contribution in [0.5, 0.6) is 23.0 Å². The number of allylic oxidation sites excluding steroid dienone is 6. The lowest BCUT2D eigenvalue weighted by Gasteiger charge is -2.34. The van der Waals surface area contributed by atoms with Crippen molar-refractivity contribution in [2.45, 2.75) is 193 Å². The van der Waals surface area contributed by atoms with E-state index in [9.17, 15) is 20.1 Å². The van der Waals surface area contributed by atoms with E-state index in [0.717, 1.165) is 200 Å². The minimum atomic E-state index is -1.23. The molecule has 592 valence electrons. The van der Waals surface area contributed by atoms with Crippen molar-refractivity contribution < 1.29 is 46.1 Å². The van der Waals surface area contributed by atoms with E-state index in [1.807, 2.05) is 60.7 Å². The van der Waals surface area contributed by atoms with Crippen molar-refractivity contribution in [2.24, 2.45) is 0 Å². The highest BCUT2D eigenvalue weighted by Crippen LogP contribution is 2.70. The molecule has 0 saturated carbocycles. The number of fused-ring (bicyclic) bond motifs is 11. The molecule has 4 heterocycles. The van der Waals surface area contributed by atoms with E-state index in [1.54, 1.807) is 34.8 Å². The normalized spacial score (nSPS) is 15.4. The number of halogens is 4. The summed E-state index contributed by atoms with van der Waals surface area (Å²) in [5.74, 6) is -3.39. The topological polar surface area (TPSA) is 127 Å². The summed E-state index contributed by atoms with van der Waals surface area (Å²) in [6, 6.07) is 44.9. The fourth-order valence-corrected chi connectivity index (χ4v) is 22.8. The summed E-state index contributed by atoms with van der Waals surface area (Å²) in [4.78, 5) is 41.7. The van der Waals surface area contributed by atoms with E-state index in [0.29, 0.717) is 59.2 Å². The van der Waals surface area contributed by atoms with E-state index in [4.69, 9.17) is 32.1 Å². The molecule has 0 fully saturated rings. The summed E-state index contributed by atoms with van der Waals surface area (Å²) in [6.07, 6.45) is 29.7. The van der Waals surface area contributed by atoms with Crippen molar-refractivity contribution in [1.29, 1.82) is 10.5 Å². The fourth-order valence-electron chi connectivity index (χ4n) is 17.1. The highest BCUT2D eigenvalue weighted by Gasteiger charge is 2.55. The lowest BCUT2D eigenvalue weighted by molar-refractivity contribution is 0.103. The molecule has 4 aromatic heterocycles. The smallest absolute Gasteiger partial charge is 0.270 e. The summed E-state index contributed by atoms with van der Waals surface area (Å²) in [5.41, 5.74) is 3.60. The highest BCUT2D eigenvalue weighted by molar-refractivity contribution is 7.34. The van der Waals surface area contributed by atoms with Crippen LogP contribution < -0.4 is 18.9 Å².